The third kappa shape index (κ3) is 5.58. The summed E-state index contributed by atoms with van der Waals surface area (Å²) in [5.74, 6) is -0.266. The van der Waals surface area contributed by atoms with Crippen molar-refractivity contribution in [2.24, 2.45) is 0 Å². The van der Waals surface area contributed by atoms with Crippen LogP contribution in [0.25, 0.3) is 0 Å². The van der Waals surface area contributed by atoms with Crippen LogP contribution >= 0.6 is 0 Å². The van der Waals surface area contributed by atoms with E-state index in [9.17, 15) is 9.59 Å². The van der Waals surface area contributed by atoms with Gasteiger partial charge < -0.3 is 9.47 Å². The molecule has 2 rings (SSSR count). The molecule has 120 valence electrons. The van der Waals surface area contributed by atoms with Gasteiger partial charge in [0.25, 0.3) is 0 Å². The number of hydrogen-bond acceptors (Lipinski definition) is 4. The molecule has 0 radical (unpaired) electrons. The molecule has 0 saturated heterocycles. The van der Waals surface area contributed by atoms with Gasteiger partial charge in [0.05, 0.1) is 11.7 Å². The Balaban J connectivity index is 1.85. The summed E-state index contributed by atoms with van der Waals surface area (Å²) in [4.78, 5) is 23.6. The van der Waals surface area contributed by atoms with Crippen LogP contribution in [0, 0.1) is 0 Å². The smallest absolute Gasteiger partial charge is 0.338 e. The fourth-order valence-electron chi connectivity index (χ4n) is 2.01. The minimum absolute atomic E-state index is 0.169. The number of hydrogen-bond donors (Lipinski definition) is 0. The highest BCUT2D eigenvalue weighted by atomic mass is 16.5. The molecule has 23 heavy (non-hydrogen) atoms. The lowest BCUT2D eigenvalue weighted by molar-refractivity contribution is -0.134. The zero-order chi connectivity index (χ0) is 16.7. The average molecular weight is 312 g/mol. The molecule has 4 nitrogen and oxygen atoms in total. The van der Waals surface area contributed by atoms with Crippen molar-refractivity contribution in [3.8, 4) is 5.75 Å². The lowest BCUT2D eigenvalue weighted by atomic mass is 10.1. The fraction of sp³-hybridized carbons (Fsp3) is 0.263. The second kappa shape index (κ2) is 8.13. The first-order valence-electron chi connectivity index (χ1n) is 7.60. The van der Waals surface area contributed by atoms with Crippen LogP contribution < -0.4 is 4.74 Å². The molecular weight excluding hydrogens is 292 g/mol. The molecule has 0 amide bonds. The van der Waals surface area contributed by atoms with Crippen LogP contribution in [0.2, 0.25) is 0 Å². The summed E-state index contributed by atoms with van der Waals surface area (Å²) < 4.78 is 10.4. The molecule has 0 aliphatic carbocycles. The summed E-state index contributed by atoms with van der Waals surface area (Å²) >= 11 is 0. The number of carbonyl (C=O) groups is 2. The van der Waals surface area contributed by atoms with Gasteiger partial charge in [-0.05, 0) is 50.1 Å². The van der Waals surface area contributed by atoms with Crippen LogP contribution in [0.5, 0.6) is 5.75 Å². The quantitative estimate of drug-likeness (QED) is 0.601. The molecule has 0 N–H and O–H groups in total. The third-order valence-electron chi connectivity index (χ3n) is 3.13. The molecule has 0 aliphatic heterocycles. The Morgan fingerprint density at radius 1 is 0.957 bits per heavy atom. The largest absolute Gasteiger partial charge is 0.459 e. The van der Waals surface area contributed by atoms with Gasteiger partial charge in [-0.2, -0.15) is 0 Å². The summed E-state index contributed by atoms with van der Waals surface area (Å²) in [6.07, 6.45) is 0.776. The van der Waals surface area contributed by atoms with E-state index in [2.05, 4.69) is 0 Å². The summed E-state index contributed by atoms with van der Waals surface area (Å²) in [6.45, 7) is 3.58. The van der Waals surface area contributed by atoms with Crippen molar-refractivity contribution in [2.75, 3.05) is 0 Å². The monoisotopic (exact) mass is 312 g/mol. The molecule has 0 saturated carbocycles. The van der Waals surface area contributed by atoms with Crippen molar-refractivity contribution in [2.45, 2.75) is 32.8 Å². The van der Waals surface area contributed by atoms with Gasteiger partial charge >= 0.3 is 11.9 Å². The first-order chi connectivity index (χ1) is 11.0. The van der Waals surface area contributed by atoms with Crippen LogP contribution in [0.4, 0.5) is 0 Å². The van der Waals surface area contributed by atoms with Crippen molar-refractivity contribution in [1.29, 1.82) is 0 Å². The minimum atomic E-state index is -0.387. The van der Waals surface area contributed by atoms with Crippen LogP contribution in [-0.4, -0.2) is 18.0 Å². The zero-order valence-electron chi connectivity index (χ0n) is 13.3. The zero-order valence-corrected chi connectivity index (χ0v) is 13.3. The van der Waals surface area contributed by atoms with E-state index >= 15 is 0 Å². The van der Waals surface area contributed by atoms with Gasteiger partial charge in [-0.25, -0.2) is 4.79 Å². The molecule has 0 spiro atoms. The number of benzene rings is 2. The summed E-state index contributed by atoms with van der Waals surface area (Å²) in [5, 5.41) is 0. The molecule has 0 bridgehead atoms. The lowest BCUT2D eigenvalue weighted by Gasteiger charge is -2.08. The van der Waals surface area contributed by atoms with E-state index in [0.29, 0.717) is 24.2 Å². The van der Waals surface area contributed by atoms with E-state index in [4.69, 9.17) is 9.47 Å². The van der Waals surface area contributed by atoms with E-state index in [-0.39, 0.29) is 18.0 Å². The molecule has 0 atom stereocenters. The molecule has 4 heteroatoms. The second-order valence-electron chi connectivity index (χ2n) is 5.44. The summed E-state index contributed by atoms with van der Waals surface area (Å²) in [7, 11) is 0. The predicted molar refractivity (Wildman–Crippen MR) is 87.4 cm³/mol. The Morgan fingerprint density at radius 3 is 2.22 bits per heavy atom. The van der Waals surface area contributed by atoms with Gasteiger partial charge in [0, 0.05) is 6.42 Å². The lowest BCUT2D eigenvalue weighted by Crippen LogP contribution is -2.12. The molecule has 2 aromatic rings. The van der Waals surface area contributed by atoms with Crippen LogP contribution in [0.3, 0.4) is 0 Å². The molecular formula is C19H20O4. The normalized spacial score (nSPS) is 10.4. The number of rotatable bonds is 6. The Morgan fingerprint density at radius 2 is 1.61 bits per heavy atom. The highest BCUT2D eigenvalue weighted by molar-refractivity contribution is 5.89. The first kappa shape index (κ1) is 16.7. The van der Waals surface area contributed by atoms with E-state index in [0.717, 1.165) is 5.56 Å². The number of carbonyl (C=O) groups excluding carboxylic acids is 2. The van der Waals surface area contributed by atoms with Crippen molar-refractivity contribution >= 4 is 11.9 Å². The molecule has 0 heterocycles. The van der Waals surface area contributed by atoms with Crippen LogP contribution in [0.1, 0.15) is 36.2 Å². The van der Waals surface area contributed by atoms with Crippen molar-refractivity contribution in [1.82, 2.24) is 0 Å². The van der Waals surface area contributed by atoms with Gasteiger partial charge in [0.2, 0.25) is 0 Å². The number of esters is 2. The van der Waals surface area contributed by atoms with Gasteiger partial charge in [-0.15, -0.1) is 0 Å². The molecule has 2 aromatic carbocycles. The predicted octanol–water partition coefficient (Wildman–Crippen LogP) is 3.79. The Bertz CT molecular complexity index is 645. The Hall–Kier alpha value is -2.62. The van der Waals surface area contributed by atoms with Crippen LogP contribution in [0.15, 0.2) is 54.6 Å². The third-order valence-corrected chi connectivity index (χ3v) is 3.13. The maximum atomic E-state index is 11.8. The van der Waals surface area contributed by atoms with E-state index in [1.54, 1.807) is 38.1 Å². The topological polar surface area (TPSA) is 52.6 Å². The maximum Gasteiger partial charge on any atom is 0.338 e. The van der Waals surface area contributed by atoms with E-state index in [1.807, 2.05) is 30.3 Å². The van der Waals surface area contributed by atoms with Gasteiger partial charge in [0.15, 0.2) is 0 Å². The van der Waals surface area contributed by atoms with Gasteiger partial charge in [-0.3, -0.25) is 4.79 Å². The fourth-order valence-corrected chi connectivity index (χ4v) is 2.01. The van der Waals surface area contributed by atoms with Crippen LogP contribution in [-0.2, 0) is 16.0 Å². The number of ether oxygens (including phenoxy) is 2. The van der Waals surface area contributed by atoms with Gasteiger partial charge in [0.1, 0.15) is 5.75 Å². The van der Waals surface area contributed by atoms with E-state index in [1.165, 1.54) is 0 Å². The minimum Gasteiger partial charge on any atom is -0.459 e. The Kier molecular flexibility index (Phi) is 5.92. The SMILES string of the molecule is CC(C)OC(=O)c1ccc(OC(=O)CCc2ccccc2)cc1. The highest BCUT2D eigenvalue weighted by Gasteiger charge is 2.10. The second-order valence-corrected chi connectivity index (χ2v) is 5.44. The first-order valence-corrected chi connectivity index (χ1v) is 7.60. The van der Waals surface area contributed by atoms with Crippen molar-refractivity contribution < 1.29 is 19.1 Å². The van der Waals surface area contributed by atoms with E-state index < -0.39 is 0 Å². The number of aryl methyl sites for hydroxylation is 1. The summed E-state index contributed by atoms with van der Waals surface area (Å²) in [5.41, 5.74) is 1.53. The maximum absolute atomic E-state index is 11.8. The summed E-state index contributed by atoms with van der Waals surface area (Å²) in [6, 6.07) is 16.1. The molecule has 0 aromatic heterocycles. The van der Waals surface area contributed by atoms with Crippen molar-refractivity contribution in [3.63, 3.8) is 0 Å². The van der Waals surface area contributed by atoms with Gasteiger partial charge in [-0.1, -0.05) is 30.3 Å². The van der Waals surface area contributed by atoms with Crippen molar-refractivity contribution in [3.05, 3.63) is 65.7 Å². The molecule has 0 fully saturated rings. The average Bonchev–Trinajstić information content (AvgIpc) is 2.54. The Labute approximate surface area is 136 Å². The highest BCUT2D eigenvalue weighted by Crippen LogP contribution is 2.15. The standard InChI is InChI=1S/C19H20O4/c1-14(2)22-19(21)16-9-11-17(12-10-16)23-18(20)13-8-15-6-4-3-5-7-15/h3-7,9-12,14H,8,13H2,1-2H3. The molecule has 0 unspecified atom stereocenters. The molecule has 0 aliphatic rings.